The lowest BCUT2D eigenvalue weighted by molar-refractivity contribution is -0.118. The van der Waals surface area contributed by atoms with Crippen LogP contribution in [0.4, 0.5) is 5.69 Å². The minimum absolute atomic E-state index is 0.105. The molecule has 0 saturated heterocycles. The van der Waals surface area contributed by atoms with E-state index in [1.807, 2.05) is 24.3 Å². The van der Waals surface area contributed by atoms with Crippen LogP contribution in [0.5, 0.6) is 5.75 Å². The summed E-state index contributed by atoms with van der Waals surface area (Å²) in [7, 11) is -3.57. The third kappa shape index (κ3) is 6.16. The van der Waals surface area contributed by atoms with Crippen LogP contribution in [0.2, 0.25) is 0 Å². The molecule has 0 bridgehead atoms. The van der Waals surface area contributed by atoms with Crippen LogP contribution in [-0.2, 0) is 20.6 Å². The van der Waals surface area contributed by atoms with Crippen molar-refractivity contribution in [3.63, 3.8) is 0 Å². The van der Waals surface area contributed by atoms with Crippen LogP contribution in [0.25, 0.3) is 0 Å². The molecule has 140 valence electrons. The molecule has 1 unspecified atom stereocenters. The van der Waals surface area contributed by atoms with Crippen molar-refractivity contribution in [2.24, 2.45) is 5.14 Å². The number of nitrogens with one attached hydrogen (secondary N) is 1. The first-order valence-electron chi connectivity index (χ1n) is 8.39. The first-order chi connectivity index (χ1) is 12.3. The molecule has 7 heteroatoms. The third-order valence-corrected chi connectivity index (χ3v) is 4.76. The second kappa shape index (κ2) is 8.82. The van der Waals surface area contributed by atoms with E-state index < -0.39 is 10.0 Å². The Bertz CT molecular complexity index is 848. The second-order valence-corrected chi connectivity index (χ2v) is 7.80. The minimum Gasteiger partial charge on any atom is -0.483 e. The highest BCUT2D eigenvalue weighted by atomic mass is 32.2. The fourth-order valence-electron chi connectivity index (χ4n) is 2.50. The largest absolute Gasteiger partial charge is 0.483 e. The molecule has 0 aromatic heterocycles. The third-order valence-electron chi connectivity index (χ3n) is 4.03. The van der Waals surface area contributed by atoms with Crippen molar-refractivity contribution in [2.75, 3.05) is 11.9 Å². The summed E-state index contributed by atoms with van der Waals surface area (Å²) in [6.45, 7) is 4.12. The van der Waals surface area contributed by atoms with Gasteiger partial charge in [0.15, 0.2) is 6.61 Å². The number of primary sulfonamides is 1. The highest BCUT2D eigenvalue weighted by Crippen LogP contribution is 2.28. The molecule has 0 aliphatic rings. The molecule has 0 aliphatic carbocycles. The molecule has 2 rings (SSSR count). The number of carbonyl (C=O) groups excluding carboxylic acids is 1. The zero-order chi connectivity index (χ0) is 19.2. The van der Waals surface area contributed by atoms with E-state index in [1.54, 1.807) is 24.3 Å². The predicted molar refractivity (Wildman–Crippen MR) is 103 cm³/mol. The number of anilines is 1. The molecule has 2 aromatic carbocycles. The summed E-state index contributed by atoms with van der Waals surface area (Å²) in [5.41, 5.74) is 2.20. The smallest absolute Gasteiger partial charge is 0.262 e. The van der Waals surface area contributed by atoms with Crippen LogP contribution < -0.4 is 15.2 Å². The van der Waals surface area contributed by atoms with Crippen molar-refractivity contribution in [1.82, 2.24) is 0 Å². The summed E-state index contributed by atoms with van der Waals surface area (Å²) >= 11 is 0. The molecule has 0 saturated carbocycles. The molecule has 6 nitrogen and oxygen atoms in total. The molecular weight excluding hydrogens is 352 g/mol. The van der Waals surface area contributed by atoms with E-state index in [1.165, 1.54) is 0 Å². The van der Waals surface area contributed by atoms with Gasteiger partial charge in [-0.15, -0.1) is 0 Å². The summed E-state index contributed by atoms with van der Waals surface area (Å²) in [6, 6.07) is 14.2. The number of nitrogens with two attached hydrogens (primary N) is 1. The molecule has 0 aliphatic heterocycles. The summed E-state index contributed by atoms with van der Waals surface area (Å²) < 4.78 is 27.8. The topological polar surface area (TPSA) is 98.5 Å². The second-order valence-electron chi connectivity index (χ2n) is 6.19. The Morgan fingerprint density at radius 1 is 1.15 bits per heavy atom. The summed E-state index contributed by atoms with van der Waals surface area (Å²) in [4.78, 5) is 12.1. The van der Waals surface area contributed by atoms with E-state index in [0.29, 0.717) is 22.9 Å². The fraction of sp³-hybridized carbons (Fsp3) is 0.316. The van der Waals surface area contributed by atoms with Gasteiger partial charge in [0.1, 0.15) is 5.75 Å². The van der Waals surface area contributed by atoms with Gasteiger partial charge in [-0.25, -0.2) is 13.6 Å². The number of carbonyl (C=O) groups is 1. The molecule has 1 atom stereocenters. The van der Waals surface area contributed by atoms with Crippen LogP contribution >= 0.6 is 0 Å². The number of hydrogen-bond acceptors (Lipinski definition) is 4. The Balaban J connectivity index is 1.93. The summed E-state index contributed by atoms with van der Waals surface area (Å²) in [5, 5.41) is 7.73. The average molecular weight is 376 g/mol. The Morgan fingerprint density at radius 3 is 2.42 bits per heavy atom. The van der Waals surface area contributed by atoms with E-state index >= 15 is 0 Å². The van der Waals surface area contributed by atoms with Crippen molar-refractivity contribution in [3.05, 3.63) is 59.7 Å². The van der Waals surface area contributed by atoms with Crippen LogP contribution in [0, 0.1) is 0 Å². The van der Waals surface area contributed by atoms with Gasteiger partial charge in [-0.3, -0.25) is 4.79 Å². The predicted octanol–water partition coefficient (Wildman–Crippen LogP) is 3.01. The van der Waals surface area contributed by atoms with E-state index in [2.05, 4.69) is 19.2 Å². The number of rotatable bonds is 8. The number of para-hydroxylation sites is 1. The van der Waals surface area contributed by atoms with Gasteiger partial charge < -0.3 is 10.1 Å². The molecule has 0 spiro atoms. The van der Waals surface area contributed by atoms with Gasteiger partial charge in [0, 0.05) is 5.69 Å². The molecule has 3 N–H and O–H groups in total. The highest BCUT2D eigenvalue weighted by Gasteiger charge is 2.11. The molecule has 0 heterocycles. The standard InChI is InChI=1S/C19H24N2O4S/c1-3-14(2)17-6-4-5-7-18(17)25-12-19(22)21-16-10-8-15(9-11-16)13-26(20,23)24/h4-11,14H,3,12-13H2,1-2H3,(H,21,22)(H2,20,23,24). The molecule has 1 amide bonds. The Labute approximate surface area is 154 Å². The Hall–Kier alpha value is -2.38. The Morgan fingerprint density at radius 2 is 1.81 bits per heavy atom. The van der Waals surface area contributed by atoms with Crippen molar-refractivity contribution in [2.45, 2.75) is 31.9 Å². The molecule has 2 aromatic rings. The van der Waals surface area contributed by atoms with Crippen molar-refractivity contribution in [1.29, 1.82) is 0 Å². The SMILES string of the molecule is CCC(C)c1ccccc1OCC(=O)Nc1ccc(CS(N)(=O)=O)cc1. The maximum absolute atomic E-state index is 12.1. The normalized spacial score (nSPS) is 12.4. The van der Waals surface area contributed by atoms with Gasteiger partial charge in [-0.05, 0) is 41.7 Å². The van der Waals surface area contributed by atoms with Crippen LogP contribution in [0.1, 0.15) is 37.3 Å². The van der Waals surface area contributed by atoms with Gasteiger partial charge in [0.2, 0.25) is 10.0 Å². The number of amides is 1. The van der Waals surface area contributed by atoms with Crippen LogP contribution in [0.3, 0.4) is 0 Å². The number of ether oxygens (including phenoxy) is 1. The van der Waals surface area contributed by atoms with E-state index in [-0.39, 0.29) is 18.3 Å². The van der Waals surface area contributed by atoms with Gasteiger partial charge in [-0.2, -0.15) is 0 Å². The molecule has 0 radical (unpaired) electrons. The van der Waals surface area contributed by atoms with Crippen molar-refractivity contribution in [3.8, 4) is 5.75 Å². The van der Waals surface area contributed by atoms with E-state index in [9.17, 15) is 13.2 Å². The van der Waals surface area contributed by atoms with Gasteiger partial charge >= 0.3 is 0 Å². The maximum Gasteiger partial charge on any atom is 0.262 e. The lowest BCUT2D eigenvalue weighted by Gasteiger charge is -2.15. The van der Waals surface area contributed by atoms with Crippen molar-refractivity contribution < 1.29 is 17.9 Å². The molecule has 0 fully saturated rings. The number of hydrogen-bond donors (Lipinski definition) is 2. The first-order valence-corrected chi connectivity index (χ1v) is 10.1. The number of benzene rings is 2. The summed E-state index contributed by atoms with van der Waals surface area (Å²) in [6.07, 6.45) is 0.984. The van der Waals surface area contributed by atoms with E-state index in [0.717, 1.165) is 12.0 Å². The minimum atomic E-state index is -3.57. The zero-order valence-electron chi connectivity index (χ0n) is 14.9. The monoisotopic (exact) mass is 376 g/mol. The summed E-state index contributed by atoms with van der Waals surface area (Å²) in [5.74, 6) is 0.529. The maximum atomic E-state index is 12.1. The quantitative estimate of drug-likeness (QED) is 0.740. The lowest BCUT2D eigenvalue weighted by Crippen LogP contribution is -2.20. The number of sulfonamides is 1. The van der Waals surface area contributed by atoms with Crippen LogP contribution in [0.15, 0.2) is 48.5 Å². The zero-order valence-corrected chi connectivity index (χ0v) is 15.8. The Kier molecular flexibility index (Phi) is 6.76. The van der Waals surface area contributed by atoms with Gasteiger partial charge in [0.05, 0.1) is 5.75 Å². The average Bonchev–Trinajstić information content (AvgIpc) is 2.60. The first kappa shape index (κ1) is 19.9. The van der Waals surface area contributed by atoms with Crippen LogP contribution in [-0.4, -0.2) is 20.9 Å². The highest BCUT2D eigenvalue weighted by molar-refractivity contribution is 7.88. The lowest BCUT2D eigenvalue weighted by atomic mass is 9.98. The fourth-order valence-corrected chi connectivity index (χ4v) is 3.15. The molecule has 26 heavy (non-hydrogen) atoms. The van der Waals surface area contributed by atoms with E-state index in [4.69, 9.17) is 9.88 Å². The van der Waals surface area contributed by atoms with Gasteiger partial charge in [0.25, 0.3) is 5.91 Å². The molecular formula is C19H24N2O4S. The van der Waals surface area contributed by atoms with Gasteiger partial charge in [-0.1, -0.05) is 44.2 Å². The van der Waals surface area contributed by atoms with Crippen molar-refractivity contribution >= 4 is 21.6 Å².